The van der Waals surface area contributed by atoms with Gasteiger partial charge in [-0.2, -0.15) is 0 Å². The Morgan fingerprint density at radius 2 is 1.79 bits per heavy atom. The summed E-state index contributed by atoms with van der Waals surface area (Å²) in [5, 5.41) is 12.5. The van der Waals surface area contributed by atoms with Crippen LogP contribution in [0.1, 0.15) is 34.3 Å². The van der Waals surface area contributed by atoms with E-state index in [4.69, 9.17) is 0 Å². The zero-order chi connectivity index (χ0) is 30.2. The highest BCUT2D eigenvalue weighted by molar-refractivity contribution is 6.06. The van der Waals surface area contributed by atoms with Crippen LogP contribution in [-0.4, -0.2) is 81.5 Å². The normalized spacial score (nSPS) is 13.9. The van der Waals surface area contributed by atoms with Crippen LogP contribution in [0.2, 0.25) is 0 Å². The van der Waals surface area contributed by atoms with Gasteiger partial charge in [-0.3, -0.25) is 19.5 Å². The molecule has 2 N–H and O–H groups in total. The fourth-order valence-electron chi connectivity index (χ4n) is 5.04. The van der Waals surface area contributed by atoms with E-state index >= 15 is 0 Å². The summed E-state index contributed by atoms with van der Waals surface area (Å²) in [5.41, 5.74) is 5.69. The molecule has 1 fully saturated rings. The molecule has 43 heavy (non-hydrogen) atoms. The highest BCUT2D eigenvalue weighted by atomic mass is 16.4. The van der Waals surface area contributed by atoms with Gasteiger partial charge in [-0.1, -0.05) is 18.2 Å². The molecule has 10 heteroatoms. The molecule has 0 aliphatic carbocycles. The number of aliphatic carboxylic acids is 1. The highest BCUT2D eigenvalue weighted by Crippen LogP contribution is 2.28. The van der Waals surface area contributed by atoms with Crippen LogP contribution >= 0.6 is 0 Å². The zero-order valence-corrected chi connectivity index (χ0v) is 24.6. The Morgan fingerprint density at radius 1 is 1.00 bits per heavy atom. The standard InChI is InChI=1S/C33H37N7O3/c1-24-7-12-28(21-30(24)37-33-35-15-13-29(36-33)27-5-3-14-34-22-27)40(16-4-6-31(41)42)32(43)26-10-8-25(9-11-26)23-39-19-17-38(2)18-20-39/h3,5,7-15,21-22H,4,6,16-20,23H2,1-2H3,(H,41,42)(H,35,36,37). The predicted molar refractivity (Wildman–Crippen MR) is 167 cm³/mol. The number of piperazine rings is 1. The van der Waals surface area contributed by atoms with E-state index in [2.05, 4.69) is 37.1 Å². The molecule has 1 saturated heterocycles. The smallest absolute Gasteiger partial charge is 0.303 e. The van der Waals surface area contributed by atoms with Crippen molar-refractivity contribution < 1.29 is 14.7 Å². The van der Waals surface area contributed by atoms with Crippen LogP contribution in [0.15, 0.2) is 79.3 Å². The summed E-state index contributed by atoms with van der Waals surface area (Å²) < 4.78 is 0. The summed E-state index contributed by atoms with van der Waals surface area (Å²) in [6.45, 7) is 7.24. The average Bonchev–Trinajstić information content (AvgIpc) is 3.02. The monoisotopic (exact) mass is 579 g/mol. The van der Waals surface area contributed by atoms with E-state index in [-0.39, 0.29) is 18.9 Å². The Bertz CT molecular complexity index is 1540. The van der Waals surface area contributed by atoms with Crippen molar-refractivity contribution in [1.82, 2.24) is 24.8 Å². The topological polar surface area (TPSA) is 115 Å². The van der Waals surface area contributed by atoms with E-state index in [1.54, 1.807) is 23.5 Å². The van der Waals surface area contributed by atoms with E-state index in [0.29, 0.717) is 23.6 Å². The predicted octanol–water partition coefficient (Wildman–Crippen LogP) is 4.85. The molecule has 0 atom stereocenters. The average molecular weight is 580 g/mol. The zero-order valence-electron chi connectivity index (χ0n) is 24.6. The molecule has 0 saturated carbocycles. The summed E-state index contributed by atoms with van der Waals surface area (Å²) in [5.74, 6) is -0.653. The van der Waals surface area contributed by atoms with Gasteiger partial charge < -0.3 is 20.2 Å². The quantitative estimate of drug-likeness (QED) is 0.257. The van der Waals surface area contributed by atoms with E-state index < -0.39 is 5.97 Å². The second-order valence-electron chi connectivity index (χ2n) is 10.9. The first-order chi connectivity index (χ1) is 20.9. The van der Waals surface area contributed by atoms with Gasteiger partial charge in [0.2, 0.25) is 5.95 Å². The van der Waals surface area contributed by atoms with Crippen molar-refractivity contribution in [2.45, 2.75) is 26.3 Å². The second-order valence-corrected chi connectivity index (χ2v) is 10.9. The first-order valence-corrected chi connectivity index (χ1v) is 14.5. The number of hydrogen-bond donors (Lipinski definition) is 2. The number of likely N-dealkylation sites (N-methyl/N-ethyl adjacent to an activating group) is 1. The van der Waals surface area contributed by atoms with Gasteiger partial charge >= 0.3 is 5.97 Å². The number of carbonyl (C=O) groups excluding carboxylic acids is 1. The maximum atomic E-state index is 13.8. The molecule has 1 amide bonds. The van der Waals surface area contributed by atoms with Crippen molar-refractivity contribution in [2.24, 2.45) is 0 Å². The number of hydrogen-bond acceptors (Lipinski definition) is 8. The minimum Gasteiger partial charge on any atom is -0.481 e. The van der Waals surface area contributed by atoms with Crippen molar-refractivity contribution in [3.63, 3.8) is 0 Å². The summed E-state index contributed by atoms with van der Waals surface area (Å²) in [7, 11) is 2.14. The molecule has 2 aromatic heterocycles. The Hall–Kier alpha value is -4.67. The van der Waals surface area contributed by atoms with Gasteiger partial charge in [0, 0.05) is 86.8 Å². The van der Waals surface area contributed by atoms with Crippen LogP contribution in [0.5, 0.6) is 0 Å². The third kappa shape index (κ3) is 8.00. The lowest BCUT2D eigenvalue weighted by Gasteiger charge is -2.32. The molecule has 1 aliphatic heterocycles. The Morgan fingerprint density at radius 3 is 2.51 bits per heavy atom. The molecule has 0 bridgehead atoms. The van der Waals surface area contributed by atoms with E-state index in [0.717, 1.165) is 60.8 Å². The fourth-order valence-corrected chi connectivity index (χ4v) is 5.04. The number of aromatic nitrogens is 3. The van der Waals surface area contributed by atoms with Crippen molar-refractivity contribution in [2.75, 3.05) is 50.0 Å². The van der Waals surface area contributed by atoms with Gasteiger partial charge in [-0.15, -0.1) is 0 Å². The molecular formula is C33H37N7O3. The second kappa shape index (κ2) is 14.0. The number of carboxylic acids is 1. The molecule has 3 heterocycles. The summed E-state index contributed by atoms with van der Waals surface area (Å²) >= 11 is 0. The van der Waals surface area contributed by atoms with E-state index in [9.17, 15) is 14.7 Å². The van der Waals surface area contributed by atoms with Crippen LogP contribution in [0.25, 0.3) is 11.3 Å². The van der Waals surface area contributed by atoms with Gasteiger partial charge in [0.1, 0.15) is 0 Å². The van der Waals surface area contributed by atoms with Crippen LogP contribution in [0.4, 0.5) is 17.3 Å². The van der Waals surface area contributed by atoms with Crippen molar-refractivity contribution in [3.8, 4) is 11.3 Å². The van der Waals surface area contributed by atoms with Gasteiger partial charge in [0.15, 0.2) is 0 Å². The maximum Gasteiger partial charge on any atom is 0.303 e. The number of carboxylic acid groups (broad SMARTS) is 1. The SMILES string of the molecule is Cc1ccc(N(CCCC(=O)O)C(=O)c2ccc(CN3CCN(C)CC3)cc2)cc1Nc1nccc(-c2cccnc2)n1. The lowest BCUT2D eigenvalue weighted by atomic mass is 10.1. The molecule has 4 aromatic rings. The number of rotatable bonds is 11. The number of amides is 1. The Kier molecular flexibility index (Phi) is 9.70. The van der Waals surface area contributed by atoms with Crippen molar-refractivity contribution in [1.29, 1.82) is 0 Å². The molecule has 0 unspecified atom stereocenters. The van der Waals surface area contributed by atoms with Crippen LogP contribution in [0.3, 0.4) is 0 Å². The molecule has 0 spiro atoms. The number of nitrogens with zero attached hydrogens (tertiary/aromatic N) is 6. The molecular weight excluding hydrogens is 542 g/mol. The molecule has 2 aromatic carbocycles. The fraction of sp³-hybridized carbons (Fsp3) is 0.303. The first-order valence-electron chi connectivity index (χ1n) is 14.5. The molecule has 1 aliphatic rings. The molecule has 222 valence electrons. The number of benzene rings is 2. The lowest BCUT2D eigenvalue weighted by Crippen LogP contribution is -2.43. The first kappa shape index (κ1) is 29.8. The summed E-state index contributed by atoms with van der Waals surface area (Å²) in [6, 6.07) is 19.1. The van der Waals surface area contributed by atoms with Gasteiger partial charge in [-0.25, -0.2) is 9.97 Å². The van der Waals surface area contributed by atoms with Gasteiger partial charge in [0.25, 0.3) is 5.91 Å². The third-order valence-corrected chi connectivity index (χ3v) is 7.61. The molecule has 0 radical (unpaired) electrons. The van der Waals surface area contributed by atoms with Crippen LogP contribution in [-0.2, 0) is 11.3 Å². The Labute approximate surface area is 252 Å². The number of pyridine rings is 1. The number of carbonyl (C=O) groups is 2. The van der Waals surface area contributed by atoms with Gasteiger partial charge in [0.05, 0.1) is 5.69 Å². The van der Waals surface area contributed by atoms with Crippen LogP contribution in [0, 0.1) is 6.92 Å². The van der Waals surface area contributed by atoms with E-state index in [1.807, 2.05) is 67.6 Å². The largest absolute Gasteiger partial charge is 0.481 e. The third-order valence-electron chi connectivity index (χ3n) is 7.61. The number of nitrogens with one attached hydrogen (secondary N) is 1. The number of aryl methyl sites for hydroxylation is 1. The summed E-state index contributed by atoms with van der Waals surface area (Å²) in [4.78, 5) is 44.7. The number of anilines is 3. The van der Waals surface area contributed by atoms with Crippen LogP contribution < -0.4 is 10.2 Å². The Balaban J connectivity index is 1.35. The summed E-state index contributed by atoms with van der Waals surface area (Å²) in [6.07, 6.45) is 5.45. The lowest BCUT2D eigenvalue weighted by molar-refractivity contribution is -0.137. The minimum atomic E-state index is -0.891. The van der Waals surface area contributed by atoms with Crippen molar-refractivity contribution >= 4 is 29.2 Å². The van der Waals surface area contributed by atoms with E-state index in [1.165, 1.54) is 0 Å². The molecule has 5 rings (SSSR count). The van der Waals surface area contributed by atoms with Crippen molar-refractivity contribution in [3.05, 3.63) is 95.9 Å². The molecule has 10 nitrogen and oxygen atoms in total. The van der Waals surface area contributed by atoms with Gasteiger partial charge in [-0.05, 0) is 74.0 Å². The maximum absolute atomic E-state index is 13.8. The highest BCUT2D eigenvalue weighted by Gasteiger charge is 2.20. The minimum absolute atomic E-state index is 0.0281.